The van der Waals surface area contributed by atoms with Gasteiger partial charge in [-0.3, -0.25) is 0 Å². The highest BCUT2D eigenvalue weighted by molar-refractivity contribution is 5.68. The van der Waals surface area contributed by atoms with Crippen molar-refractivity contribution in [1.82, 2.24) is 19.6 Å². The molecule has 21 heavy (non-hydrogen) atoms. The molecule has 0 unspecified atom stereocenters. The van der Waals surface area contributed by atoms with E-state index in [1.54, 1.807) is 19.5 Å². The number of hydrogen-bond donors (Lipinski definition) is 0. The molecule has 6 nitrogen and oxygen atoms in total. The van der Waals surface area contributed by atoms with E-state index in [4.69, 9.17) is 4.74 Å². The van der Waals surface area contributed by atoms with Crippen molar-refractivity contribution in [3.05, 3.63) is 36.7 Å². The number of hydrogen-bond acceptors (Lipinski definition) is 5. The zero-order valence-electron chi connectivity index (χ0n) is 12.3. The van der Waals surface area contributed by atoms with E-state index >= 15 is 0 Å². The van der Waals surface area contributed by atoms with E-state index in [1.165, 1.54) is 0 Å². The number of imidazole rings is 1. The molecular formula is C15H17N5O. The summed E-state index contributed by atoms with van der Waals surface area (Å²) >= 11 is 0. The summed E-state index contributed by atoms with van der Waals surface area (Å²) in [6.45, 7) is 2.98. The number of pyridine rings is 1. The van der Waals surface area contributed by atoms with Gasteiger partial charge >= 0.3 is 0 Å². The van der Waals surface area contributed by atoms with Crippen LogP contribution in [0.3, 0.4) is 0 Å². The third-order valence-corrected chi connectivity index (χ3v) is 3.45. The number of fused-ring (bicyclic) bond motifs is 1. The van der Waals surface area contributed by atoms with E-state index in [1.807, 2.05) is 35.8 Å². The highest BCUT2D eigenvalue weighted by Crippen LogP contribution is 2.28. The summed E-state index contributed by atoms with van der Waals surface area (Å²) in [5, 5.41) is 4.65. The lowest BCUT2D eigenvalue weighted by Crippen LogP contribution is -2.18. The van der Waals surface area contributed by atoms with Crippen LogP contribution in [-0.4, -0.2) is 40.3 Å². The topological polar surface area (TPSA) is 55.5 Å². The predicted octanol–water partition coefficient (Wildman–Crippen LogP) is 2.26. The molecule has 0 radical (unpaired) electrons. The van der Waals surface area contributed by atoms with E-state index in [9.17, 15) is 0 Å². The van der Waals surface area contributed by atoms with Crippen LogP contribution in [0.2, 0.25) is 0 Å². The number of nitrogens with zero attached hydrogens (tertiary/aromatic N) is 5. The van der Waals surface area contributed by atoms with Gasteiger partial charge in [0.05, 0.1) is 24.6 Å². The number of ether oxygens (including phenoxy) is 1. The summed E-state index contributed by atoms with van der Waals surface area (Å²) in [6, 6.07) is 7.75. The number of methoxy groups -OCH3 is 1. The molecule has 0 saturated carbocycles. The normalized spacial score (nSPS) is 10.8. The third kappa shape index (κ3) is 2.29. The summed E-state index contributed by atoms with van der Waals surface area (Å²) in [6.07, 6.45) is 3.49. The summed E-state index contributed by atoms with van der Waals surface area (Å²) < 4.78 is 7.15. The minimum Gasteiger partial charge on any atom is -0.481 e. The largest absolute Gasteiger partial charge is 0.481 e. The molecule has 0 spiro atoms. The lowest BCUT2D eigenvalue weighted by atomic mass is 10.2. The minimum atomic E-state index is 0.565. The molecule has 0 saturated heterocycles. The first-order valence-corrected chi connectivity index (χ1v) is 6.80. The van der Waals surface area contributed by atoms with Gasteiger partial charge < -0.3 is 9.64 Å². The standard InChI is InChI=1S/C15H17N5O/c1-4-19(2)14-8-7-13-17-10-12(20(13)18-14)11-6-5-9-16-15(11)21-3/h5-10H,4H2,1-3H3. The molecule has 3 aromatic rings. The summed E-state index contributed by atoms with van der Waals surface area (Å²) in [5.41, 5.74) is 2.53. The van der Waals surface area contributed by atoms with Crippen molar-refractivity contribution in [2.24, 2.45) is 0 Å². The second-order valence-electron chi connectivity index (χ2n) is 4.68. The molecule has 0 aliphatic carbocycles. The van der Waals surface area contributed by atoms with E-state index in [0.717, 1.165) is 29.3 Å². The van der Waals surface area contributed by atoms with Crippen molar-refractivity contribution in [2.45, 2.75) is 6.92 Å². The molecule has 0 N–H and O–H groups in total. The Hall–Kier alpha value is -2.63. The monoisotopic (exact) mass is 283 g/mol. The maximum Gasteiger partial charge on any atom is 0.222 e. The number of anilines is 1. The van der Waals surface area contributed by atoms with Crippen LogP contribution in [0, 0.1) is 0 Å². The van der Waals surface area contributed by atoms with E-state index < -0.39 is 0 Å². The van der Waals surface area contributed by atoms with Crippen LogP contribution in [0.5, 0.6) is 5.88 Å². The average molecular weight is 283 g/mol. The van der Waals surface area contributed by atoms with Gasteiger partial charge in [0.15, 0.2) is 5.65 Å². The van der Waals surface area contributed by atoms with Gasteiger partial charge in [-0.2, -0.15) is 0 Å². The van der Waals surface area contributed by atoms with Crippen LogP contribution in [0.25, 0.3) is 16.9 Å². The SMILES string of the molecule is CCN(C)c1ccc2ncc(-c3cccnc3OC)n2n1. The van der Waals surface area contributed by atoms with E-state index in [-0.39, 0.29) is 0 Å². The Labute approximate surface area is 123 Å². The Balaban J connectivity index is 2.19. The van der Waals surface area contributed by atoms with Crippen LogP contribution < -0.4 is 9.64 Å². The van der Waals surface area contributed by atoms with Gasteiger partial charge in [0, 0.05) is 19.8 Å². The van der Waals surface area contributed by atoms with Crippen molar-refractivity contribution in [3.63, 3.8) is 0 Å². The lowest BCUT2D eigenvalue weighted by Gasteiger charge is -2.15. The Morgan fingerprint density at radius 2 is 2.10 bits per heavy atom. The van der Waals surface area contributed by atoms with Gasteiger partial charge in [0.1, 0.15) is 5.82 Å². The summed E-state index contributed by atoms with van der Waals surface area (Å²) in [5.74, 6) is 1.46. The van der Waals surface area contributed by atoms with Crippen LogP contribution in [0.15, 0.2) is 36.7 Å². The molecule has 3 aromatic heterocycles. The second-order valence-corrected chi connectivity index (χ2v) is 4.68. The molecule has 0 bridgehead atoms. The minimum absolute atomic E-state index is 0.565. The van der Waals surface area contributed by atoms with Crippen LogP contribution in [0.4, 0.5) is 5.82 Å². The molecule has 3 rings (SSSR count). The first-order chi connectivity index (χ1) is 10.2. The van der Waals surface area contributed by atoms with E-state index in [0.29, 0.717) is 5.88 Å². The van der Waals surface area contributed by atoms with Crippen molar-refractivity contribution in [1.29, 1.82) is 0 Å². The fourth-order valence-corrected chi connectivity index (χ4v) is 2.16. The Morgan fingerprint density at radius 3 is 2.86 bits per heavy atom. The molecule has 6 heteroatoms. The first-order valence-electron chi connectivity index (χ1n) is 6.80. The van der Waals surface area contributed by atoms with Crippen LogP contribution in [0.1, 0.15) is 6.92 Å². The highest BCUT2D eigenvalue weighted by atomic mass is 16.5. The Kier molecular flexibility index (Phi) is 3.43. The predicted molar refractivity (Wildman–Crippen MR) is 81.7 cm³/mol. The molecule has 0 aromatic carbocycles. The number of rotatable bonds is 4. The lowest BCUT2D eigenvalue weighted by molar-refractivity contribution is 0.399. The second kappa shape index (κ2) is 5.40. The third-order valence-electron chi connectivity index (χ3n) is 3.45. The molecule has 0 amide bonds. The van der Waals surface area contributed by atoms with Gasteiger partial charge in [0.25, 0.3) is 0 Å². The molecule has 3 heterocycles. The smallest absolute Gasteiger partial charge is 0.222 e. The van der Waals surface area contributed by atoms with Gasteiger partial charge in [-0.25, -0.2) is 14.5 Å². The maximum atomic E-state index is 5.33. The van der Waals surface area contributed by atoms with Gasteiger partial charge in [-0.05, 0) is 31.2 Å². The van der Waals surface area contributed by atoms with Gasteiger partial charge in [-0.15, -0.1) is 5.10 Å². The Bertz CT molecular complexity index is 768. The first kappa shape index (κ1) is 13.4. The van der Waals surface area contributed by atoms with Gasteiger partial charge in [-0.1, -0.05) is 0 Å². The zero-order chi connectivity index (χ0) is 14.8. The number of aromatic nitrogens is 4. The van der Waals surface area contributed by atoms with Crippen molar-refractivity contribution >= 4 is 11.5 Å². The average Bonchev–Trinajstić information content (AvgIpc) is 2.96. The zero-order valence-corrected chi connectivity index (χ0v) is 12.3. The Morgan fingerprint density at radius 1 is 1.24 bits per heavy atom. The summed E-state index contributed by atoms with van der Waals surface area (Å²) in [7, 11) is 3.62. The quantitative estimate of drug-likeness (QED) is 0.735. The van der Waals surface area contributed by atoms with Crippen molar-refractivity contribution < 1.29 is 4.74 Å². The molecular weight excluding hydrogens is 266 g/mol. The van der Waals surface area contributed by atoms with Crippen LogP contribution >= 0.6 is 0 Å². The fraction of sp³-hybridized carbons (Fsp3) is 0.267. The molecule has 0 aliphatic rings. The fourth-order valence-electron chi connectivity index (χ4n) is 2.16. The van der Waals surface area contributed by atoms with E-state index in [2.05, 4.69) is 26.9 Å². The maximum absolute atomic E-state index is 5.33. The molecule has 108 valence electrons. The van der Waals surface area contributed by atoms with Crippen LogP contribution in [-0.2, 0) is 0 Å². The molecule has 0 fully saturated rings. The highest BCUT2D eigenvalue weighted by Gasteiger charge is 2.13. The molecule has 0 aliphatic heterocycles. The molecule has 0 atom stereocenters. The summed E-state index contributed by atoms with van der Waals surface area (Å²) in [4.78, 5) is 10.7. The van der Waals surface area contributed by atoms with Crippen molar-refractivity contribution in [2.75, 3.05) is 25.6 Å². The van der Waals surface area contributed by atoms with Gasteiger partial charge in [0.2, 0.25) is 5.88 Å². The van der Waals surface area contributed by atoms with Crippen molar-refractivity contribution in [3.8, 4) is 17.1 Å².